The van der Waals surface area contributed by atoms with Crippen molar-refractivity contribution in [2.75, 3.05) is 5.32 Å². The molecule has 2 N–H and O–H groups in total. The molecule has 136 valence electrons. The minimum absolute atomic E-state index is 0.646. The fraction of sp³-hybridized carbons (Fsp3) is 0.0455. The van der Waals surface area contributed by atoms with Crippen molar-refractivity contribution in [3.8, 4) is 11.4 Å². The number of benzene rings is 3. The topological polar surface area (TPSA) is 66.5 Å². The zero-order valence-corrected chi connectivity index (χ0v) is 15.8. The van der Waals surface area contributed by atoms with Crippen LogP contribution in [0.2, 0.25) is 5.02 Å². The van der Waals surface area contributed by atoms with Crippen molar-refractivity contribution in [3.63, 3.8) is 0 Å². The van der Waals surface area contributed by atoms with Gasteiger partial charge in [0.1, 0.15) is 5.82 Å². The second-order valence-electron chi connectivity index (χ2n) is 6.72. The van der Waals surface area contributed by atoms with Crippen molar-refractivity contribution in [2.45, 2.75) is 6.92 Å². The molecule has 2 aromatic heterocycles. The van der Waals surface area contributed by atoms with Gasteiger partial charge in [-0.3, -0.25) is 5.10 Å². The average Bonchev–Trinajstić information content (AvgIpc) is 3.15. The molecule has 5 rings (SSSR count). The number of H-pyrrole nitrogens is 1. The van der Waals surface area contributed by atoms with Crippen LogP contribution in [0.25, 0.3) is 33.2 Å². The summed E-state index contributed by atoms with van der Waals surface area (Å²) in [6.45, 7) is 2.06. The number of nitrogens with zero attached hydrogens (tertiary/aromatic N) is 3. The molecule has 0 spiro atoms. The summed E-state index contributed by atoms with van der Waals surface area (Å²) in [5.41, 5.74) is 4.85. The highest BCUT2D eigenvalue weighted by atomic mass is 35.5. The van der Waals surface area contributed by atoms with Gasteiger partial charge < -0.3 is 5.32 Å². The van der Waals surface area contributed by atoms with Crippen LogP contribution in [-0.2, 0) is 0 Å². The van der Waals surface area contributed by atoms with Crippen molar-refractivity contribution >= 4 is 44.9 Å². The van der Waals surface area contributed by atoms with Crippen LogP contribution in [0.4, 0.5) is 11.5 Å². The lowest BCUT2D eigenvalue weighted by atomic mass is 10.1. The molecule has 0 aliphatic carbocycles. The Kier molecular flexibility index (Phi) is 3.95. The molecule has 28 heavy (non-hydrogen) atoms. The molecule has 0 saturated carbocycles. The van der Waals surface area contributed by atoms with E-state index >= 15 is 0 Å². The quantitative estimate of drug-likeness (QED) is 0.407. The standard InChI is InChI=1S/C22H16ClN5/c1-13-3-2-4-14(9-13)21-26-20-11-16(23)5-7-18(20)22(27-21)25-17-6-8-19-15(10-17)12-24-28-19/h2-12H,1H3,(H,24,28)(H,25,26,27). The van der Waals surface area contributed by atoms with Gasteiger partial charge in [0.05, 0.1) is 17.2 Å². The maximum Gasteiger partial charge on any atom is 0.162 e. The Morgan fingerprint density at radius 2 is 1.89 bits per heavy atom. The Balaban J connectivity index is 1.67. The Labute approximate surface area is 166 Å². The SMILES string of the molecule is Cc1cccc(-c2nc(Nc3ccc4[nH]ncc4c3)c3ccc(Cl)cc3n2)c1. The predicted molar refractivity (Wildman–Crippen MR) is 114 cm³/mol. The second kappa shape index (κ2) is 6.62. The third kappa shape index (κ3) is 3.06. The molecule has 6 heteroatoms. The summed E-state index contributed by atoms with van der Waals surface area (Å²) in [4.78, 5) is 9.56. The highest BCUT2D eigenvalue weighted by molar-refractivity contribution is 6.31. The zero-order chi connectivity index (χ0) is 19.1. The van der Waals surface area contributed by atoms with Gasteiger partial charge in [0.15, 0.2) is 5.82 Å². The highest BCUT2D eigenvalue weighted by Gasteiger charge is 2.11. The molecule has 0 aliphatic rings. The maximum absolute atomic E-state index is 6.22. The number of hydrogen-bond donors (Lipinski definition) is 2. The van der Waals surface area contributed by atoms with Gasteiger partial charge in [0.2, 0.25) is 0 Å². The van der Waals surface area contributed by atoms with Gasteiger partial charge in [-0.05, 0) is 49.4 Å². The van der Waals surface area contributed by atoms with Crippen molar-refractivity contribution in [3.05, 3.63) is 77.4 Å². The smallest absolute Gasteiger partial charge is 0.162 e. The molecule has 0 fully saturated rings. The number of fused-ring (bicyclic) bond motifs is 2. The molecule has 0 unspecified atom stereocenters. The molecule has 3 aromatic carbocycles. The van der Waals surface area contributed by atoms with Crippen molar-refractivity contribution < 1.29 is 0 Å². The monoisotopic (exact) mass is 385 g/mol. The first-order valence-electron chi connectivity index (χ1n) is 8.90. The third-order valence-corrected chi connectivity index (χ3v) is 4.87. The molecule has 0 aliphatic heterocycles. The van der Waals surface area contributed by atoms with Crippen LogP contribution in [0.1, 0.15) is 5.56 Å². The lowest BCUT2D eigenvalue weighted by Crippen LogP contribution is -1.99. The van der Waals surface area contributed by atoms with Gasteiger partial charge in [-0.2, -0.15) is 5.10 Å². The van der Waals surface area contributed by atoms with Crippen molar-refractivity contribution in [1.82, 2.24) is 20.2 Å². The average molecular weight is 386 g/mol. The zero-order valence-electron chi connectivity index (χ0n) is 15.1. The minimum Gasteiger partial charge on any atom is -0.340 e. The van der Waals surface area contributed by atoms with Crippen LogP contribution in [0.15, 0.2) is 66.9 Å². The van der Waals surface area contributed by atoms with Crippen LogP contribution in [0.5, 0.6) is 0 Å². The number of aryl methyl sites for hydroxylation is 1. The van der Waals surface area contributed by atoms with E-state index in [4.69, 9.17) is 21.6 Å². The van der Waals surface area contributed by atoms with E-state index < -0.39 is 0 Å². The summed E-state index contributed by atoms with van der Waals surface area (Å²) in [5, 5.41) is 13.1. The van der Waals surface area contributed by atoms with E-state index in [2.05, 4.69) is 34.6 Å². The molecule has 0 atom stereocenters. The predicted octanol–water partition coefficient (Wildman–Crippen LogP) is 5.88. The minimum atomic E-state index is 0.646. The number of aromatic amines is 1. The summed E-state index contributed by atoms with van der Waals surface area (Å²) in [6, 6.07) is 19.8. The summed E-state index contributed by atoms with van der Waals surface area (Å²) in [5.74, 6) is 1.39. The Morgan fingerprint density at radius 1 is 0.964 bits per heavy atom. The number of hydrogen-bond acceptors (Lipinski definition) is 4. The van der Waals surface area contributed by atoms with E-state index in [1.54, 1.807) is 6.20 Å². The largest absolute Gasteiger partial charge is 0.340 e. The molecule has 0 radical (unpaired) electrons. The van der Waals surface area contributed by atoms with Gasteiger partial charge in [-0.1, -0.05) is 35.4 Å². The molecule has 0 amide bonds. The van der Waals surface area contributed by atoms with E-state index in [9.17, 15) is 0 Å². The molecule has 5 nitrogen and oxygen atoms in total. The van der Waals surface area contributed by atoms with Crippen LogP contribution >= 0.6 is 11.6 Å². The number of nitrogens with one attached hydrogen (secondary N) is 2. The molecular weight excluding hydrogens is 370 g/mol. The first-order valence-corrected chi connectivity index (χ1v) is 9.28. The molecule has 2 heterocycles. The van der Waals surface area contributed by atoms with Crippen molar-refractivity contribution in [2.24, 2.45) is 0 Å². The molecule has 0 saturated heterocycles. The van der Waals surface area contributed by atoms with Crippen molar-refractivity contribution in [1.29, 1.82) is 0 Å². The Bertz CT molecular complexity index is 1330. The van der Waals surface area contributed by atoms with Gasteiger partial charge in [0.25, 0.3) is 0 Å². The van der Waals surface area contributed by atoms with E-state index in [0.717, 1.165) is 44.4 Å². The first-order chi connectivity index (χ1) is 13.7. The summed E-state index contributed by atoms with van der Waals surface area (Å²) in [7, 11) is 0. The second-order valence-corrected chi connectivity index (χ2v) is 7.16. The summed E-state index contributed by atoms with van der Waals surface area (Å²) >= 11 is 6.22. The van der Waals surface area contributed by atoms with Gasteiger partial charge in [0, 0.05) is 27.0 Å². The Morgan fingerprint density at radius 3 is 2.79 bits per heavy atom. The maximum atomic E-state index is 6.22. The van der Waals surface area contributed by atoms with E-state index in [-0.39, 0.29) is 0 Å². The molecule has 0 bridgehead atoms. The number of rotatable bonds is 3. The fourth-order valence-corrected chi connectivity index (χ4v) is 3.43. The van der Waals surface area contributed by atoms with Crippen LogP contribution in [0.3, 0.4) is 0 Å². The van der Waals surface area contributed by atoms with E-state index in [1.807, 2.05) is 48.5 Å². The summed E-state index contributed by atoms with van der Waals surface area (Å²) < 4.78 is 0. The highest BCUT2D eigenvalue weighted by Crippen LogP contribution is 2.30. The van der Waals surface area contributed by atoms with E-state index in [0.29, 0.717) is 10.8 Å². The van der Waals surface area contributed by atoms with Crippen LogP contribution in [0, 0.1) is 6.92 Å². The summed E-state index contributed by atoms with van der Waals surface area (Å²) in [6.07, 6.45) is 1.80. The number of anilines is 2. The van der Waals surface area contributed by atoms with Crippen LogP contribution < -0.4 is 5.32 Å². The lowest BCUT2D eigenvalue weighted by molar-refractivity contribution is 1.12. The molecule has 5 aromatic rings. The van der Waals surface area contributed by atoms with Crippen LogP contribution in [-0.4, -0.2) is 20.2 Å². The van der Waals surface area contributed by atoms with Gasteiger partial charge in [-0.25, -0.2) is 9.97 Å². The fourth-order valence-electron chi connectivity index (χ4n) is 3.27. The van der Waals surface area contributed by atoms with E-state index in [1.165, 1.54) is 0 Å². The first kappa shape index (κ1) is 16.7. The normalized spacial score (nSPS) is 11.2. The number of halogens is 1. The lowest BCUT2D eigenvalue weighted by Gasteiger charge is -2.12. The van der Waals surface area contributed by atoms with Gasteiger partial charge in [-0.15, -0.1) is 0 Å². The van der Waals surface area contributed by atoms with Gasteiger partial charge >= 0.3 is 0 Å². The number of aromatic nitrogens is 4. The molecular formula is C22H16ClN5. The third-order valence-electron chi connectivity index (χ3n) is 4.64. The Hall–Kier alpha value is -3.44.